The van der Waals surface area contributed by atoms with E-state index in [2.05, 4.69) is 16.0 Å². The summed E-state index contributed by atoms with van der Waals surface area (Å²) in [5.41, 5.74) is 2.31. The molecular formula is C35H51F2N3O7S. The van der Waals surface area contributed by atoms with Gasteiger partial charge >= 0.3 is 6.09 Å². The molecule has 3 rings (SSSR count). The van der Waals surface area contributed by atoms with E-state index in [0.717, 1.165) is 35.7 Å². The molecule has 13 heteroatoms. The zero-order chi connectivity index (χ0) is 35.1. The summed E-state index contributed by atoms with van der Waals surface area (Å²) in [7, 11) is -3.87. The molecule has 1 saturated heterocycles. The number of ether oxygens (including phenoxy) is 2. The maximum absolute atomic E-state index is 14.1. The zero-order valence-corrected chi connectivity index (χ0v) is 29.0. The van der Waals surface area contributed by atoms with E-state index in [4.69, 9.17) is 9.47 Å². The van der Waals surface area contributed by atoms with Gasteiger partial charge in [-0.3, -0.25) is 4.79 Å². The molecule has 1 heterocycles. The van der Waals surface area contributed by atoms with Gasteiger partial charge in [0.25, 0.3) is 0 Å². The van der Waals surface area contributed by atoms with E-state index in [-0.39, 0.29) is 18.5 Å². The summed E-state index contributed by atoms with van der Waals surface area (Å²) in [5.74, 6) is -3.20. The van der Waals surface area contributed by atoms with E-state index < -0.39 is 68.8 Å². The number of aliphatic hydroxyl groups is 1. The van der Waals surface area contributed by atoms with E-state index in [1.165, 1.54) is 0 Å². The zero-order valence-electron chi connectivity index (χ0n) is 28.2. The number of carbonyl (C=O) groups is 2. The number of aryl methyl sites for hydroxylation is 1. The first-order chi connectivity index (χ1) is 22.9. The van der Waals surface area contributed by atoms with Crippen molar-refractivity contribution in [2.24, 2.45) is 0 Å². The maximum atomic E-state index is 14.1. The Kier molecular flexibility index (Phi) is 16.2. The van der Waals surface area contributed by atoms with Crippen LogP contribution in [0.15, 0.2) is 42.5 Å². The van der Waals surface area contributed by atoms with Crippen LogP contribution in [0.5, 0.6) is 0 Å². The minimum absolute atomic E-state index is 0.00361. The third-order valence-electron chi connectivity index (χ3n) is 8.43. The van der Waals surface area contributed by atoms with E-state index in [1.807, 2.05) is 45.0 Å². The number of sulfone groups is 1. The SMILES string of the molecule is CCCC(CCC)S(=O)(=O)C[C@H](NC(=O)OC1CCOCC1)C(=O)N[C@@H](Cc1cc(F)cc(F)c1)[C@H](O)CNCc1cccc(CC)c1. The standard InChI is InChI=1S/C35H51F2N3O7S/c1-4-8-30(9-5-2)48(44,45)23-32(40-35(43)47-29-12-14-46-15-13-29)34(42)39-31(19-26-17-27(36)20-28(37)18-26)33(41)22-38-21-25-11-7-10-24(6-3)16-25/h7,10-11,16-18,20,29-33,38,41H,4-6,8-9,12-15,19,21-23H2,1-3H3,(H,39,42)(H,40,43)/t31-,32-,33+/m0/s1. The number of carbonyl (C=O) groups excluding carboxylic acids is 2. The van der Waals surface area contributed by atoms with Crippen LogP contribution in [0, 0.1) is 11.6 Å². The van der Waals surface area contributed by atoms with Gasteiger partial charge in [0.2, 0.25) is 5.91 Å². The van der Waals surface area contributed by atoms with Gasteiger partial charge in [0.1, 0.15) is 23.8 Å². The summed E-state index contributed by atoms with van der Waals surface area (Å²) in [6, 6.07) is 8.19. The Morgan fingerprint density at radius 1 is 0.958 bits per heavy atom. The van der Waals surface area contributed by atoms with Crippen LogP contribution in [-0.2, 0) is 43.5 Å². The molecule has 0 aliphatic carbocycles. The number of hydrogen-bond donors (Lipinski definition) is 4. The predicted octanol–water partition coefficient (Wildman–Crippen LogP) is 4.36. The molecule has 268 valence electrons. The molecule has 2 amide bonds. The van der Waals surface area contributed by atoms with Gasteiger partial charge < -0.3 is 30.5 Å². The summed E-state index contributed by atoms with van der Waals surface area (Å²) in [4.78, 5) is 26.8. The lowest BCUT2D eigenvalue weighted by molar-refractivity contribution is -0.124. The van der Waals surface area contributed by atoms with Crippen LogP contribution < -0.4 is 16.0 Å². The van der Waals surface area contributed by atoms with Crippen molar-refractivity contribution in [3.8, 4) is 0 Å². The number of amides is 2. The first kappa shape index (κ1) is 39.3. The summed E-state index contributed by atoms with van der Waals surface area (Å²) in [6.07, 6.45) is 1.00. The lowest BCUT2D eigenvalue weighted by atomic mass is 10.00. The van der Waals surface area contributed by atoms with Crippen molar-refractivity contribution in [3.63, 3.8) is 0 Å². The molecule has 0 bridgehead atoms. The van der Waals surface area contributed by atoms with Gasteiger partial charge in [-0.25, -0.2) is 22.0 Å². The quantitative estimate of drug-likeness (QED) is 0.170. The Balaban J connectivity index is 1.83. The van der Waals surface area contributed by atoms with Gasteiger partial charge in [-0.2, -0.15) is 0 Å². The highest BCUT2D eigenvalue weighted by Crippen LogP contribution is 2.18. The van der Waals surface area contributed by atoms with Crippen molar-refractivity contribution in [1.29, 1.82) is 0 Å². The van der Waals surface area contributed by atoms with Crippen molar-refractivity contribution in [2.45, 2.75) is 108 Å². The third-order valence-corrected chi connectivity index (χ3v) is 10.7. The van der Waals surface area contributed by atoms with Crippen LogP contribution in [0.25, 0.3) is 0 Å². The number of nitrogens with one attached hydrogen (secondary N) is 3. The van der Waals surface area contributed by atoms with Gasteiger partial charge in [-0.15, -0.1) is 0 Å². The van der Waals surface area contributed by atoms with Crippen LogP contribution in [0.3, 0.4) is 0 Å². The number of benzene rings is 2. The molecule has 0 saturated carbocycles. The normalized spacial score (nSPS) is 15.9. The Morgan fingerprint density at radius 3 is 2.23 bits per heavy atom. The Labute approximate surface area is 283 Å². The minimum Gasteiger partial charge on any atom is -0.446 e. The predicted molar refractivity (Wildman–Crippen MR) is 180 cm³/mol. The molecule has 0 radical (unpaired) electrons. The highest BCUT2D eigenvalue weighted by Gasteiger charge is 2.35. The van der Waals surface area contributed by atoms with Crippen molar-refractivity contribution in [1.82, 2.24) is 16.0 Å². The molecule has 1 aliphatic rings. The smallest absolute Gasteiger partial charge is 0.408 e. The number of halogens is 2. The average molecular weight is 696 g/mol. The third kappa shape index (κ3) is 13.1. The largest absolute Gasteiger partial charge is 0.446 e. The van der Waals surface area contributed by atoms with Crippen LogP contribution >= 0.6 is 0 Å². The second kappa shape index (κ2) is 19.8. The molecule has 0 aromatic heterocycles. The second-order valence-corrected chi connectivity index (χ2v) is 14.7. The summed E-state index contributed by atoms with van der Waals surface area (Å²) in [5, 5.41) is 18.9. The molecule has 0 spiro atoms. The van der Waals surface area contributed by atoms with Crippen molar-refractivity contribution >= 4 is 21.8 Å². The fourth-order valence-electron chi connectivity index (χ4n) is 5.84. The number of rotatable bonds is 19. The van der Waals surface area contributed by atoms with Crippen molar-refractivity contribution < 1.29 is 41.4 Å². The number of hydrogen-bond acceptors (Lipinski definition) is 8. The second-order valence-electron chi connectivity index (χ2n) is 12.4. The molecule has 48 heavy (non-hydrogen) atoms. The molecule has 1 aliphatic heterocycles. The molecule has 4 N–H and O–H groups in total. The van der Waals surface area contributed by atoms with Gasteiger partial charge in [-0.1, -0.05) is 57.9 Å². The maximum Gasteiger partial charge on any atom is 0.408 e. The Hall–Kier alpha value is -3.13. The molecule has 2 aromatic carbocycles. The van der Waals surface area contributed by atoms with Crippen LogP contribution in [-0.4, -0.2) is 80.6 Å². The first-order valence-electron chi connectivity index (χ1n) is 16.9. The summed E-state index contributed by atoms with van der Waals surface area (Å²) < 4.78 is 66.1. The highest BCUT2D eigenvalue weighted by atomic mass is 32.2. The van der Waals surface area contributed by atoms with Crippen LogP contribution in [0.4, 0.5) is 13.6 Å². The fourth-order valence-corrected chi connectivity index (χ4v) is 8.00. The lowest BCUT2D eigenvalue weighted by Crippen LogP contribution is -2.57. The molecule has 3 atom stereocenters. The van der Waals surface area contributed by atoms with E-state index in [1.54, 1.807) is 0 Å². The molecule has 2 aromatic rings. The molecule has 1 fully saturated rings. The van der Waals surface area contributed by atoms with Crippen molar-refractivity contribution in [2.75, 3.05) is 25.5 Å². The van der Waals surface area contributed by atoms with Crippen LogP contribution in [0.1, 0.15) is 76.0 Å². The van der Waals surface area contributed by atoms with Crippen molar-refractivity contribution in [3.05, 3.63) is 70.8 Å². The Bertz CT molecular complexity index is 1400. The van der Waals surface area contributed by atoms with E-state index in [9.17, 15) is 31.9 Å². The van der Waals surface area contributed by atoms with E-state index in [0.29, 0.717) is 58.3 Å². The summed E-state index contributed by atoms with van der Waals surface area (Å²) >= 11 is 0. The van der Waals surface area contributed by atoms with Gasteiger partial charge in [0, 0.05) is 32.0 Å². The van der Waals surface area contributed by atoms with E-state index >= 15 is 0 Å². The topological polar surface area (TPSA) is 143 Å². The summed E-state index contributed by atoms with van der Waals surface area (Å²) in [6.45, 7) is 7.02. The minimum atomic E-state index is -3.87. The molecule has 10 nitrogen and oxygen atoms in total. The van der Waals surface area contributed by atoms with Crippen LogP contribution in [0.2, 0.25) is 0 Å². The molecule has 0 unspecified atom stereocenters. The van der Waals surface area contributed by atoms with Gasteiger partial charge in [0.05, 0.1) is 36.4 Å². The Morgan fingerprint density at radius 2 is 1.60 bits per heavy atom. The fraction of sp³-hybridized carbons (Fsp3) is 0.600. The monoisotopic (exact) mass is 695 g/mol. The molecular weight excluding hydrogens is 644 g/mol. The number of alkyl carbamates (subject to hydrolysis) is 1. The number of aliphatic hydroxyl groups excluding tert-OH is 1. The van der Waals surface area contributed by atoms with Gasteiger partial charge in [-0.05, 0) is 54.5 Å². The average Bonchev–Trinajstić information content (AvgIpc) is 3.04. The highest BCUT2D eigenvalue weighted by molar-refractivity contribution is 7.92. The first-order valence-corrected chi connectivity index (χ1v) is 18.6. The lowest BCUT2D eigenvalue weighted by Gasteiger charge is -2.29. The van der Waals surface area contributed by atoms with Gasteiger partial charge in [0.15, 0.2) is 9.84 Å².